The summed E-state index contributed by atoms with van der Waals surface area (Å²) in [4.78, 5) is 26.4. The van der Waals surface area contributed by atoms with Gasteiger partial charge in [-0.15, -0.1) is 0 Å². The van der Waals surface area contributed by atoms with E-state index in [-0.39, 0.29) is 11.1 Å². The fourth-order valence-corrected chi connectivity index (χ4v) is 6.60. The molecule has 0 aliphatic carbocycles. The highest BCUT2D eigenvalue weighted by molar-refractivity contribution is 5.98. The third-order valence-corrected chi connectivity index (χ3v) is 9.97. The van der Waals surface area contributed by atoms with Crippen LogP contribution in [0.4, 0.5) is 0 Å². The lowest BCUT2D eigenvalue weighted by atomic mass is 9.96. The Balaban J connectivity index is 1.22. The minimum absolute atomic E-state index is 0.110. The molecule has 318 valence electrons. The zero-order chi connectivity index (χ0) is 41.2. The smallest absolute Gasteiger partial charge is 0.253 e. The molecule has 0 saturated carbocycles. The third-order valence-electron chi connectivity index (χ3n) is 9.97. The number of hydrogen-bond donors (Lipinski definition) is 16. The van der Waals surface area contributed by atoms with Gasteiger partial charge in [0.1, 0.15) is 97.7 Å². The third kappa shape index (κ3) is 9.14. The second-order valence-electron chi connectivity index (χ2n) is 13.6. The minimum atomic E-state index is -1.91. The summed E-state index contributed by atoms with van der Waals surface area (Å²) in [6.45, 7) is -3.26. The number of nitrogens with one attached hydrogen (secondary N) is 2. The number of carbonyl (C=O) groups excluding carboxylic acids is 2. The van der Waals surface area contributed by atoms with Gasteiger partial charge in [-0.05, 0) is 24.3 Å². The van der Waals surface area contributed by atoms with Gasteiger partial charge in [-0.2, -0.15) is 0 Å². The van der Waals surface area contributed by atoms with Crippen LogP contribution in [-0.2, 0) is 28.4 Å². The van der Waals surface area contributed by atoms with Crippen molar-refractivity contribution in [3.05, 3.63) is 35.4 Å². The summed E-state index contributed by atoms with van der Waals surface area (Å²) in [7, 11) is 0. The molecule has 4 aliphatic heterocycles. The summed E-state index contributed by atoms with van der Waals surface area (Å²) in [5.74, 6) is -1.81. The molecule has 0 unspecified atom stereocenters. The Morgan fingerprint density at radius 1 is 0.446 bits per heavy atom. The monoisotopic (exact) mass is 812 g/mol. The van der Waals surface area contributed by atoms with Crippen LogP contribution in [0.5, 0.6) is 0 Å². The van der Waals surface area contributed by atoms with Gasteiger partial charge in [0.15, 0.2) is 25.0 Å². The van der Waals surface area contributed by atoms with E-state index in [1.807, 2.05) is 0 Å². The van der Waals surface area contributed by atoms with E-state index in [2.05, 4.69) is 10.6 Å². The second-order valence-corrected chi connectivity index (χ2v) is 13.6. The highest BCUT2D eigenvalue weighted by atomic mass is 16.7. The predicted octanol–water partition coefficient (Wildman–Crippen LogP) is -9.61. The molecule has 4 fully saturated rings. The number of carbonyl (C=O) groups is 2. The Kier molecular flexibility index (Phi) is 15.1. The first-order chi connectivity index (χ1) is 26.6. The molecule has 2 amide bonds. The van der Waals surface area contributed by atoms with Crippen molar-refractivity contribution >= 4 is 11.8 Å². The molecule has 4 heterocycles. The molecule has 4 aliphatic rings. The molecule has 0 spiro atoms. The predicted molar refractivity (Wildman–Crippen MR) is 174 cm³/mol. The molecule has 16 N–H and O–H groups in total. The van der Waals surface area contributed by atoms with E-state index in [4.69, 9.17) is 28.4 Å². The normalized spacial score (nSPS) is 44.5. The van der Waals surface area contributed by atoms with E-state index in [0.29, 0.717) is 0 Å². The molecule has 5 rings (SSSR count). The SMILES string of the molecule is O=C(N[C@H]1O[C@H](CO)[C@@H](O)[C@H](O[C@H]2O[C@H](CO)[C@@H](O)[C@H](O)[C@@H]2O)[C@H]1O)c1ccc(C(=O)N[C@H]2O[C@H](CO)[C@@H](O)[C@H](O[C@H]3O[C@H](CO)[C@@H](O)[C@H](O)[C@@H]3O)[C@H]2O)cc1. The molecule has 24 nitrogen and oxygen atoms in total. The standard InChI is InChI=1S/C32H48N2O22/c35-5-11-15(39)19(43)21(45)31(53-11)55-25-17(41)13(7-37)51-29(23(25)47)33-27(49)9-1-2-10(4-3-9)28(50)34-30-24(48)26(18(42)14(8-38)52-30)56-32-22(46)20(44)16(40)12(6-36)54-32/h1-4,11-26,29-32,35-48H,5-8H2,(H,33,49)(H,34,50)/t11-,12-,13-,14-,15-,16-,17-,18-,19+,20+,21+,22+,23-,24-,25+,26+,29+,30+,31-,32-/m1/s1. The Hall–Kier alpha value is -2.64. The van der Waals surface area contributed by atoms with E-state index in [1.54, 1.807) is 0 Å². The molecule has 1 aromatic rings. The van der Waals surface area contributed by atoms with Crippen molar-refractivity contribution in [2.45, 2.75) is 123 Å². The number of aliphatic hydroxyl groups excluding tert-OH is 14. The van der Waals surface area contributed by atoms with E-state index >= 15 is 0 Å². The Bertz CT molecular complexity index is 1340. The number of aliphatic hydroxyl groups is 14. The first kappa shape index (κ1) is 44.5. The average Bonchev–Trinajstić information content (AvgIpc) is 3.19. The van der Waals surface area contributed by atoms with Crippen LogP contribution in [0.1, 0.15) is 20.7 Å². The molecule has 4 saturated heterocycles. The van der Waals surface area contributed by atoms with Gasteiger partial charge < -0.3 is 111 Å². The molecule has 0 radical (unpaired) electrons. The van der Waals surface area contributed by atoms with Crippen molar-refractivity contribution in [3.8, 4) is 0 Å². The fraction of sp³-hybridized carbons (Fsp3) is 0.750. The van der Waals surface area contributed by atoms with E-state index in [9.17, 15) is 81.1 Å². The lowest BCUT2D eigenvalue weighted by molar-refractivity contribution is -0.342. The van der Waals surface area contributed by atoms with Gasteiger partial charge in [0.2, 0.25) is 0 Å². The molecule has 0 bridgehead atoms. The Morgan fingerprint density at radius 3 is 1.05 bits per heavy atom. The van der Waals surface area contributed by atoms with Crippen molar-refractivity contribution in [3.63, 3.8) is 0 Å². The number of benzene rings is 1. The summed E-state index contributed by atoms with van der Waals surface area (Å²) >= 11 is 0. The highest BCUT2D eigenvalue weighted by Gasteiger charge is 2.52. The van der Waals surface area contributed by atoms with Crippen molar-refractivity contribution in [2.24, 2.45) is 0 Å². The van der Waals surface area contributed by atoms with Gasteiger partial charge in [0, 0.05) is 11.1 Å². The maximum absolute atomic E-state index is 13.2. The van der Waals surface area contributed by atoms with Crippen LogP contribution >= 0.6 is 0 Å². The topological polar surface area (TPSA) is 397 Å². The van der Waals surface area contributed by atoms with Crippen LogP contribution < -0.4 is 10.6 Å². The van der Waals surface area contributed by atoms with Crippen LogP contribution in [-0.4, -0.2) is 232 Å². The van der Waals surface area contributed by atoms with E-state index in [0.717, 1.165) is 0 Å². The van der Waals surface area contributed by atoms with Crippen molar-refractivity contribution in [1.82, 2.24) is 10.6 Å². The number of amides is 2. The maximum Gasteiger partial charge on any atom is 0.253 e. The van der Waals surface area contributed by atoms with Crippen LogP contribution in [0.3, 0.4) is 0 Å². The van der Waals surface area contributed by atoms with Gasteiger partial charge in [-0.1, -0.05) is 0 Å². The van der Waals surface area contributed by atoms with Gasteiger partial charge >= 0.3 is 0 Å². The molecule has 56 heavy (non-hydrogen) atoms. The number of rotatable bonds is 12. The molecule has 1 aromatic carbocycles. The zero-order valence-electron chi connectivity index (χ0n) is 29.2. The van der Waals surface area contributed by atoms with Gasteiger partial charge in [0.25, 0.3) is 11.8 Å². The van der Waals surface area contributed by atoms with Gasteiger partial charge in [0.05, 0.1) is 26.4 Å². The zero-order valence-corrected chi connectivity index (χ0v) is 29.2. The highest BCUT2D eigenvalue weighted by Crippen LogP contribution is 2.31. The summed E-state index contributed by atoms with van der Waals surface area (Å²) in [5, 5.41) is 148. The Morgan fingerprint density at radius 2 is 0.750 bits per heavy atom. The minimum Gasteiger partial charge on any atom is -0.394 e. The van der Waals surface area contributed by atoms with Crippen LogP contribution in [0.25, 0.3) is 0 Å². The van der Waals surface area contributed by atoms with Crippen molar-refractivity contribution in [2.75, 3.05) is 26.4 Å². The van der Waals surface area contributed by atoms with Crippen molar-refractivity contribution < 1.29 is 110 Å². The molecular formula is C32H48N2O22. The number of ether oxygens (including phenoxy) is 6. The van der Waals surface area contributed by atoms with E-state index < -0.39 is 161 Å². The quantitative estimate of drug-likeness (QED) is 0.0931. The summed E-state index contributed by atoms with van der Waals surface area (Å²) < 4.78 is 32.5. The second kappa shape index (κ2) is 19.0. The van der Waals surface area contributed by atoms with Crippen LogP contribution in [0.2, 0.25) is 0 Å². The Labute approximate surface area is 316 Å². The van der Waals surface area contributed by atoms with Crippen LogP contribution in [0.15, 0.2) is 24.3 Å². The van der Waals surface area contributed by atoms with Crippen LogP contribution in [0, 0.1) is 0 Å². The molecule has 0 aromatic heterocycles. The van der Waals surface area contributed by atoms with E-state index in [1.165, 1.54) is 24.3 Å². The average molecular weight is 813 g/mol. The summed E-state index contributed by atoms with van der Waals surface area (Å²) in [6, 6.07) is 4.68. The lowest BCUT2D eigenvalue weighted by Gasteiger charge is -2.46. The molecular weight excluding hydrogens is 764 g/mol. The maximum atomic E-state index is 13.2. The number of hydrogen-bond acceptors (Lipinski definition) is 22. The largest absolute Gasteiger partial charge is 0.394 e. The van der Waals surface area contributed by atoms with Crippen molar-refractivity contribution in [1.29, 1.82) is 0 Å². The molecule has 24 heteroatoms. The first-order valence-electron chi connectivity index (χ1n) is 17.4. The molecule has 20 atom stereocenters. The lowest BCUT2D eigenvalue weighted by Crippen LogP contribution is -2.66. The summed E-state index contributed by atoms with van der Waals surface area (Å²) in [6.07, 6.45) is -34.4. The fourth-order valence-electron chi connectivity index (χ4n) is 6.60. The van der Waals surface area contributed by atoms with Gasteiger partial charge in [-0.25, -0.2) is 0 Å². The van der Waals surface area contributed by atoms with Gasteiger partial charge in [-0.3, -0.25) is 9.59 Å². The summed E-state index contributed by atoms with van der Waals surface area (Å²) in [5.41, 5.74) is -0.221. The first-order valence-corrected chi connectivity index (χ1v) is 17.4.